The summed E-state index contributed by atoms with van der Waals surface area (Å²) < 4.78 is 25.6. The highest BCUT2D eigenvalue weighted by Crippen LogP contribution is 2.33. The molecule has 102 valence electrons. The number of halogens is 2. The van der Waals surface area contributed by atoms with Gasteiger partial charge in [-0.2, -0.15) is 4.31 Å². The van der Waals surface area contributed by atoms with E-state index in [4.69, 9.17) is 34.0 Å². The molecule has 1 unspecified atom stereocenters. The van der Waals surface area contributed by atoms with Gasteiger partial charge in [0.15, 0.2) is 0 Å². The quantitative estimate of drug-likeness (QED) is 0.827. The summed E-state index contributed by atoms with van der Waals surface area (Å²) in [6.45, 7) is 1.26. The first kappa shape index (κ1) is 15.5. The first-order valence-electron chi connectivity index (χ1n) is 5.05. The van der Waals surface area contributed by atoms with Crippen molar-refractivity contribution in [1.82, 2.24) is 4.31 Å². The Labute approximate surface area is 116 Å². The topological polar surface area (TPSA) is 83.6 Å². The van der Waals surface area contributed by atoms with Crippen LogP contribution in [-0.4, -0.2) is 37.5 Å². The summed E-state index contributed by atoms with van der Waals surface area (Å²) in [4.78, 5) is -0.206. The number of hydrogen-bond acceptors (Lipinski definition) is 4. The molecule has 5 nitrogen and oxygen atoms in total. The standard InChI is InChI=1S/C10H14Cl2N2O3S/c1-6(5-15)14(2)18(16,17)10-8(11)3-7(13)4-9(10)12/h3-4,6,15H,5,13H2,1-2H3. The zero-order valence-corrected chi connectivity index (χ0v) is 12.2. The number of rotatable bonds is 4. The largest absolute Gasteiger partial charge is 0.399 e. The molecule has 0 spiro atoms. The predicted octanol–water partition coefficient (Wildman–Crippen LogP) is 1.58. The molecule has 1 rings (SSSR count). The van der Waals surface area contributed by atoms with E-state index in [9.17, 15) is 8.42 Å². The van der Waals surface area contributed by atoms with Crippen molar-refractivity contribution in [2.45, 2.75) is 17.9 Å². The molecule has 0 saturated heterocycles. The molecule has 1 aromatic carbocycles. The zero-order valence-electron chi connectivity index (χ0n) is 9.89. The molecule has 0 aliphatic heterocycles. The highest BCUT2D eigenvalue weighted by Gasteiger charge is 2.29. The van der Waals surface area contributed by atoms with Crippen LogP contribution in [0.5, 0.6) is 0 Å². The van der Waals surface area contributed by atoms with Gasteiger partial charge in [0.1, 0.15) is 4.90 Å². The van der Waals surface area contributed by atoms with E-state index >= 15 is 0 Å². The third kappa shape index (κ3) is 2.89. The molecule has 3 N–H and O–H groups in total. The van der Waals surface area contributed by atoms with E-state index in [-0.39, 0.29) is 27.2 Å². The van der Waals surface area contributed by atoms with Gasteiger partial charge in [-0.05, 0) is 19.1 Å². The molecule has 0 saturated carbocycles. The summed E-state index contributed by atoms with van der Waals surface area (Å²) in [6, 6.07) is 2.05. The number of nitrogens with zero attached hydrogens (tertiary/aromatic N) is 1. The Morgan fingerprint density at radius 2 is 1.83 bits per heavy atom. The molecule has 0 aliphatic carbocycles. The second-order valence-corrected chi connectivity index (χ2v) is 6.62. The van der Waals surface area contributed by atoms with Crippen molar-refractivity contribution < 1.29 is 13.5 Å². The van der Waals surface area contributed by atoms with Crippen LogP contribution < -0.4 is 5.73 Å². The van der Waals surface area contributed by atoms with Crippen molar-refractivity contribution in [3.05, 3.63) is 22.2 Å². The molecule has 0 amide bonds. The Bertz CT molecular complexity index is 525. The van der Waals surface area contributed by atoms with Crippen molar-refractivity contribution in [3.8, 4) is 0 Å². The predicted molar refractivity (Wildman–Crippen MR) is 72.4 cm³/mol. The van der Waals surface area contributed by atoms with Crippen LogP contribution in [-0.2, 0) is 10.0 Å². The fraction of sp³-hybridized carbons (Fsp3) is 0.400. The third-order valence-electron chi connectivity index (χ3n) is 2.54. The monoisotopic (exact) mass is 312 g/mol. The minimum absolute atomic E-state index is 0.0445. The van der Waals surface area contributed by atoms with Crippen molar-refractivity contribution in [1.29, 1.82) is 0 Å². The molecule has 0 fully saturated rings. The summed E-state index contributed by atoms with van der Waals surface area (Å²) in [7, 11) is -2.53. The number of likely N-dealkylation sites (N-methyl/N-ethyl adjacent to an activating group) is 1. The first-order chi connectivity index (χ1) is 8.21. The fourth-order valence-electron chi connectivity index (χ4n) is 1.32. The van der Waals surface area contributed by atoms with E-state index in [1.165, 1.54) is 19.2 Å². The van der Waals surface area contributed by atoms with Crippen LogP contribution in [0.1, 0.15) is 6.92 Å². The normalized spacial score (nSPS) is 13.9. The lowest BCUT2D eigenvalue weighted by atomic mass is 10.3. The number of sulfonamides is 1. The van der Waals surface area contributed by atoms with Crippen molar-refractivity contribution in [2.75, 3.05) is 19.4 Å². The summed E-state index contributed by atoms with van der Waals surface area (Å²) in [5, 5.41) is 8.92. The lowest BCUT2D eigenvalue weighted by molar-refractivity contribution is 0.214. The molecule has 0 aliphatic rings. The molecule has 18 heavy (non-hydrogen) atoms. The van der Waals surface area contributed by atoms with Gasteiger partial charge in [0.05, 0.1) is 16.7 Å². The Morgan fingerprint density at radius 1 is 1.39 bits per heavy atom. The van der Waals surface area contributed by atoms with Crippen molar-refractivity contribution >= 4 is 38.9 Å². The number of benzene rings is 1. The van der Waals surface area contributed by atoms with Gasteiger partial charge < -0.3 is 10.8 Å². The van der Waals surface area contributed by atoms with E-state index < -0.39 is 16.1 Å². The SMILES string of the molecule is CC(CO)N(C)S(=O)(=O)c1c(Cl)cc(N)cc1Cl. The van der Waals surface area contributed by atoms with Crippen LogP contribution in [0.3, 0.4) is 0 Å². The summed E-state index contributed by atoms with van der Waals surface area (Å²) >= 11 is 11.8. The Hall–Kier alpha value is -0.530. The van der Waals surface area contributed by atoms with Crippen molar-refractivity contribution in [2.24, 2.45) is 0 Å². The zero-order chi connectivity index (χ0) is 14.1. The summed E-state index contributed by atoms with van der Waals surface area (Å²) in [6.07, 6.45) is 0. The van der Waals surface area contributed by atoms with Crippen LogP contribution in [0.25, 0.3) is 0 Å². The van der Waals surface area contributed by atoms with Crippen LogP contribution in [0.4, 0.5) is 5.69 Å². The van der Waals surface area contributed by atoms with Crippen LogP contribution >= 0.6 is 23.2 Å². The maximum absolute atomic E-state index is 12.3. The highest BCUT2D eigenvalue weighted by atomic mass is 35.5. The molecule has 1 atom stereocenters. The molecule has 0 bridgehead atoms. The Balaban J connectivity index is 3.38. The number of nitrogen functional groups attached to an aromatic ring is 1. The van der Waals surface area contributed by atoms with Gasteiger partial charge in [0, 0.05) is 18.8 Å². The number of anilines is 1. The Morgan fingerprint density at radius 3 is 2.22 bits per heavy atom. The van der Waals surface area contributed by atoms with Gasteiger partial charge in [-0.25, -0.2) is 8.42 Å². The molecule has 0 heterocycles. The number of hydrogen-bond donors (Lipinski definition) is 2. The maximum atomic E-state index is 12.3. The molecule has 0 radical (unpaired) electrons. The van der Waals surface area contributed by atoms with Crippen LogP contribution in [0.15, 0.2) is 17.0 Å². The molecular formula is C10H14Cl2N2O3S. The minimum atomic E-state index is -3.87. The van der Waals surface area contributed by atoms with Crippen molar-refractivity contribution in [3.63, 3.8) is 0 Å². The van der Waals surface area contributed by atoms with Gasteiger partial charge in [-0.3, -0.25) is 0 Å². The Kier molecular flexibility index (Phi) is 4.85. The fourth-order valence-corrected chi connectivity index (χ4v) is 3.85. The molecule has 0 aromatic heterocycles. The number of nitrogens with two attached hydrogens (primary N) is 1. The van der Waals surface area contributed by atoms with Crippen LogP contribution in [0, 0.1) is 0 Å². The molecule has 1 aromatic rings. The lowest BCUT2D eigenvalue weighted by Crippen LogP contribution is -2.37. The summed E-state index contributed by atoms with van der Waals surface area (Å²) in [5.74, 6) is 0. The molecular weight excluding hydrogens is 299 g/mol. The van der Waals surface area contributed by atoms with Gasteiger partial charge in [0.25, 0.3) is 0 Å². The maximum Gasteiger partial charge on any atom is 0.246 e. The minimum Gasteiger partial charge on any atom is -0.399 e. The summed E-state index contributed by atoms with van der Waals surface area (Å²) in [5.41, 5.74) is 5.80. The van der Waals surface area contributed by atoms with Crippen LogP contribution in [0.2, 0.25) is 10.0 Å². The van der Waals surface area contributed by atoms with E-state index in [1.807, 2.05) is 0 Å². The average Bonchev–Trinajstić information content (AvgIpc) is 2.24. The highest BCUT2D eigenvalue weighted by molar-refractivity contribution is 7.89. The van der Waals surface area contributed by atoms with E-state index in [1.54, 1.807) is 6.92 Å². The number of aliphatic hydroxyl groups is 1. The second-order valence-electron chi connectivity index (χ2n) is 3.87. The van der Waals surface area contributed by atoms with Gasteiger partial charge in [-0.1, -0.05) is 23.2 Å². The smallest absolute Gasteiger partial charge is 0.246 e. The third-order valence-corrected chi connectivity index (χ3v) is 5.44. The number of aliphatic hydroxyl groups excluding tert-OH is 1. The van der Waals surface area contributed by atoms with Gasteiger partial charge in [0.2, 0.25) is 10.0 Å². The van der Waals surface area contributed by atoms with Gasteiger partial charge >= 0.3 is 0 Å². The van der Waals surface area contributed by atoms with E-state index in [0.717, 1.165) is 4.31 Å². The average molecular weight is 313 g/mol. The van der Waals surface area contributed by atoms with E-state index in [0.29, 0.717) is 0 Å². The van der Waals surface area contributed by atoms with E-state index in [2.05, 4.69) is 0 Å². The first-order valence-corrected chi connectivity index (χ1v) is 7.24. The molecule has 8 heteroatoms. The second kappa shape index (κ2) is 5.63. The van der Waals surface area contributed by atoms with Gasteiger partial charge in [-0.15, -0.1) is 0 Å². The lowest BCUT2D eigenvalue weighted by Gasteiger charge is -2.23.